The molecule has 122 valence electrons. The molecule has 0 saturated heterocycles. The number of aromatic nitrogens is 1. The van der Waals surface area contributed by atoms with E-state index in [0.717, 1.165) is 0 Å². The Balaban J connectivity index is 2.26. The Kier molecular flexibility index (Phi) is 5.13. The summed E-state index contributed by atoms with van der Waals surface area (Å²) in [5.41, 5.74) is 5.60. The van der Waals surface area contributed by atoms with E-state index in [1.54, 1.807) is 0 Å². The lowest BCUT2D eigenvalue weighted by Crippen LogP contribution is -2.13. The molecule has 9 heteroatoms. The molecular weight excluding hydrogens is 363 g/mol. The zero-order valence-corrected chi connectivity index (χ0v) is 14.0. The third-order valence-corrected chi connectivity index (χ3v) is 4.81. The van der Waals surface area contributed by atoms with Crippen molar-refractivity contribution >= 4 is 38.9 Å². The third kappa shape index (κ3) is 4.82. The van der Waals surface area contributed by atoms with Gasteiger partial charge >= 0.3 is 0 Å². The van der Waals surface area contributed by atoms with Crippen molar-refractivity contribution in [2.45, 2.75) is 11.5 Å². The Morgan fingerprint density at radius 3 is 2.43 bits per heavy atom. The lowest BCUT2D eigenvalue weighted by molar-refractivity contribution is 0.1000. The summed E-state index contributed by atoms with van der Waals surface area (Å²) in [5.74, 6) is -1.86. The molecular formula is C14H12Cl2N2O4S. The highest BCUT2D eigenvalue weighted by atomic mass is 35.5. The van der Waals surface area contributed by atoms with E-state index in [9.17, 15) is 18.3 Å². The van der Waals surface area contributed by atoms with Gasteiger partial charge in [-0.1, -0.05) is 23.2 Å². The molecule has 0 aliphatic heterocycles. The average Bonchev–Trinajstić information content (AvgIpc) is 2.40. The minimum Gasteiger partial charge on any atom is -0.506 e. The van der Waals surface area contributed by atoms with Gasteiger partial charge in [-0.25, -0.2) is 8.42 Å². The van der Waals surface area contributed by atoms with Gasteiger partial charge in [0.15, 0.2) is 9.84 Å². The van der Waals surface area contributed by atoms with Crippen LogP contribution in [0, 0.1) is 0 Å². The zero-order chi connectivity index (χ0) is 17.2. The number of halogens is 2. The first-order chi connectivity index (χ1) is 10.7. The molecule has 0 fully saturated rings. The minimum atomic E-state index is -3.66. The molecule has 0 saturated carbocycles. The van der Waals surface area contributed by atoms with Crippen LogP contribution in [0.2, 0.25) is 10.0 Å². The number of amides is 1. The molecule has 23 heavy (non-hydrogen) atoms. The molecule has 0 aliphatic rings. The van der Waals surface area contributed by atoms with E-state index in [1.807, 2.05) is 0 Å². The fraction of sp³-hybridized carbons (Fsp3) is 0.143. The van der Waals surface area contributed by atoms with Gasteiger partial charge in [-0.05, 0) is 23.8 Å². The van der Waals surface area contributed by atoms with Gasteiger partial charge < -0.3 is 10.8 Å². The normalized spacial score (nSPS) is 11.4. The smallest absolute Gasteiger partial charge is 0.248 e. The van der Waals surface area contributed by atoms with Crippen molar-refractivity contribution in [2.75, 3.05) is 0 Å². The summed E-state index contributed by atoms with van der Waals surface area (Å²) in [6, 6.07) is 5.36. The van der Waals surface area contributed by atoms with Gasteiger partial charge in [-0.15, -0.1) is 0 Å². The monoisotopic (exact) mass is 374 g/mol. The van der Waals surface area contributed by atoms with Crippen LogP contribution in [0.15, 0.2) is 30.5 Å². The molecule has 1 heterocycles. The van der Waals surface area contributed by atoms with Crippen LogP contribution in [0.4, 0.5) is 0 Å². The Morgan fingerprint density at radius 1 is 1.13 bits per heavy atom. The number of pyridine rings is 1. The van der Waals surface area contributed by atoms with Crippen LogP contribution in [-0.2, 0) is 21.3 Å². The van der Waals surface area contributed by atoms with Crippen molar-refractivity contribution in [3.8, 4) is 5.75 Å². The molecule has 0 spiro atoms. The molecule has 0 atom stereocenters. The highest BCUT2D eigenvalue weighted by molar-refractivity contribution is 7.89. The van der Waals surface area contributed by atoms with Gasteiger partial charge in [0.05, 0.1) is 22.2 Å². The number of nitrogens with two attached hydrogens (primary N) is 1. The highest BCUT2D eigenvalue weighted by Gasteiger charge is 2.18. The summed E-state index contributed by atoms with van der Waals surface area (Å²) < 4.78 is 24.5. The topological polar surface area (TPSA) is 110 Å². The summed E-state index contributed by atoms with van der Waals surface area (Å²) in [7, 11) is -3.66. The van der Waals surface area contributed by atoms with Gasteiger partial charge in [0.25, 0.3) is 0 Å². The Labute approximate surface area is 142 Å². The Hall–Kier alpha value is -1.83. The van der Waals surface area contributed by atoms with Crippen LogP contribution < -0.4 is 5.73 Å². The van der Waals surface area contributed by atoms with Crippen LogP contribution in [-0.4, -0.2) is 24.4 Å². The zero-order valence-electron chi connectivity index (χ0n) is 11.7. The molecule has 0 aliphatic carbocycles. The van der Waals surface area contributed by atoms with Gasteiger partial charge in [-0.3, -0.25) is 9.78 Å². The number of sulfone groups is 1. The summed E-state index contributed by atoms with van der Waals surface area (Å²) in [4.78, 5) is 15.0. The minimum absolute atomic E-state index is 0.00782. The number of rotatable bonds is 5. The van der Waals surface area contributed by atoms with Crippen LogP contribution in [0.1, 0.15) is 21.6 Å². The second-order valence-corrected chi connectivity index (χ2v) is 7.80. The number of aromatic hydroxyl groups is 1. The number of hydrogen-bond acceptors (Lipinski definition) is 5. The summed E-state index contributed by atoms with van der Waals surface area (Å²) >= 11 is 11.5. The maximum Gasteiger partial charge on any atom is 0.248 e. The highest BCUT2D eigenvalue weighted by Crippen LogP contribution is 2.23. The number of carbonyl (C=O) groups is 1. The van der Waals surface area contributed by atoms with Crippen molar-refractivity contribution in [2.24, 2.45) is 5.73 Å². The maximum atomic E-state index is 12.3. The largest absolute Gasteiger partial charge is 0.506 e. The van der Waals surface area contributed by atoms with E-state index in [-0.39, 0.29) is 32.8 Å². The predicted octanol–water partition coefficient (Wildman–Crippen LogP) is 2.31. The van der Waals surface area contributed by atoms with Crippen molar-refractivity contribution in [1.29, 1.82) is 0 Å². The molecule has 0 radical (unpaired) electrons. The van der Waals surface area contributed by atoms with Gasteiger partial charge in [0.2, 0.25) is 5.91 Å². The third-order valence-electron chi connectivity index (χ3n) is 2.90. The molecule has 1 amide bonds. The van der Waals surface area contributed by atoms with E-state index in [1.165, 1.54) is 30.5 Å². The maximum absolute atomic E-state index is 12.3. The first-order valence-electron chi connectivity index (χ1n) is 6.29. The summed E-state index contributed by atoms with van der Waals surface area (Å²) in [6.45, 7) is 0. The molecule has 6 nitrogen and oxygen atoms in total. The second kappa shape index (κ2) is 6.74. The summed E-state index contributed by atoms with van der Waals surface area (Å²) in [6.07, 6.45) is 1.25. The predicted molar refractivity (Wildman–Crippen MR) is 87.2 cm³/mol. The van der Waals surface area contributed by atoms with Crippen LogP contribution in [0.25, 0.3) is 0 Å². The standard InChI is InChI=1S/C14H12Cl2N2O4S/c15-10-2-8(1-9(3-10)14(17)20)6-23(21,22)7-12-13(19)4-11(16)5-18-12/h1-5,19H,6-7H2,(H2,17,20). The van der Waals surface area contributed by atoms with Crippen LogP contribution in [0.3, 0.4) is 0 Å². The number of hydrogen-bond donors (Lipinski definition) is 2. The average molecular weight is 375 g/mol. The molecule has 3 N–H and O–H groups in total. The fourth-order valence-corrected chi connectivity index (χ4v) is 3.78. The number of benzene rings is 1. The quantitative estimate of drug-likeness (QED) is 0.833. The summed E-state index contributed by atoms with van der Waals surface area (Å²) in [5, 5.41) is 10.1. The molecule has 0 unspecified atom stereocenters. The number of nitrogens with zero attached hydrogens (tertiary/aromatic N) is 1. The molecule has 1 aromatic carbocycles. The molecule has 1 aromatic heterocycles. The molecule has 2 rings (SSSR count). The molecule has 2 aromatic rings. The van der Waals surface area contributed by atoms with Crippen LogP contribution >= 0.6 is 23.2 Å². The number of carbonyl (C=O) groups excluding carboxylic acids is 1. The fourth-order valence-electron chi connectivity index (χ4n) is 1.96. The first-order valence-corrected chi connectivity index (χ1v) is 8.87. The van der Waals surface area contributed by atoms with E-state index in [0.29, 0.717) is 5.56 Å². The van der Waals surface area contributed by atoms with Gasteiger partial charge in [0.1, 0.15) is 5.75 Å². The van der Waals surface area contributed by atoms with Crippen molar-refractivity contribution < 1.29 is 18.3 Å². The van der Waals surface area contributed by atoms with E-state index in [2.05, 4.69) is 4.98 Å². The van der Waals surface area contributed by atoms with E-state index < -0.39 is 21.5 Å². The lowest BCUT2D eigenvalue weighted by Gasteiger charge is -2.08. The molecule has 0 bridgehead atoms. The van der Waals surface area contributed by atoms with Crippen molar-refractivity contribution in [3.63, 3.8) is 0 Å². The number of primary amides is 1. The Bertz CT molecular complexity index is 869. The second-order valence-electron chi connectivity index (χ2n) is 4.86. The van der Waals surface area contributed by atoms with Crippen LogP contribution in [0.5, 0.6) is 5.75 Å². The SMILES string of the molecule is NC(=O)c1cc(Cl)cc(CS(=O)(=O)Cc2ncc(Cl)cc2O)c1. The van der Waals surface area contributed by atoms with Crippen molar-refractivity contribution in [3.05, 3.63) is 57.3 Å². The lowest BCUT2D eigenvalue weighted by atomic mass is 10.1. The Morgan fingerprint density at radius 2 is 1.83 bits per heavy atom. The van der Waals surface area contributed by atoms with Crippen molar-refractivity contribution in [1.82, 2.24) is 4.98 Å². The van der Waals surface area contributed by atoms with Gasteiger partial charge in [-0.2, -0.15) is 0 Å². The van der Waals surface area contributed by atoms with E-state index >= 15 is 0 Å². The first kappa shape index (κ1) is 17.5. The van der Waals surface area contributed by atoms with Gasteiger partial charge in [0, 0.05) is 22.8 Å². The van der Waals surface area contributed by atoms with E-state index in [4.69, 9.17) is 28.9 Å².